The molecule has 0 radical (unpaired) electrons. The third-order valence-electron chi connectivity index (χ3n) is 7.49. The number of nitrogens with zero attached hydrogens (tertiary/aromatic N) is 2. The van der Waals surface area contributed by atoms with E-state index in [1.54, 1.807) is 41.3 Å². The van der Waals surface area contributed by atoms with E-state index >= 15 is 0 Å². The lowest BCUT2D eigenvalue weighted by Crippen LogP contribution is -2.30. The summed E-state index contributed by atoms with van der Waals surface area (Å²) in [5.74, 6) is -1.28. The summed E-state index contributed by atoms with van der Waals surface area (Å²) in [6.45, 7) is 4.17. The molecule has 7 nitrogen and oxygen atoms in total. The van der Waals surface area contributed by atoms with E-state index in [4.69, 9.17) is 16.3 Å². The Balaban J connectivity index is 1.25. The van der Waals surface area contributed by atoms with Crippen LogP contribution >= 0.6 is 11.6 Å². The summed E-state index contributed by atoms with van der Waals surface area (Å²) in [6.07, 6.45) is 2.50. The van der Waals surface area contributed by atoms with Gasteiger partial charge in [-0.1, -0.05) is 24.6 Å². The number of anilines is 2. The van der Waals surface area contributed by atoms with E-state index in [2.05, 4.69) is 6.92 Å². The molecule has 3 fully saturated rings. The van der Waals surface area contributed by atoms with Gasteiger partial charge in [0.05, 0.1) is 23.4 Å². The predicted molar refractivity (Wildman–Crippen MR) is 131 cm³/mol. The Morgan fingerprint density at radius 1 is 1.00 bits per heavy atom. The quantitative estimate of drug-likeness (QED) is 0.354. The number of rotatable bonds is 4. The number of benzene rings is 2. The second kappa shape index (κ2) is 9.11. The first-order chi connectivity index (χ1) is 16.7. The van der Waals surface area contributed by atoms with E-state index in [1.807, 2.05) is 13.0 Å². The maximum atomic E-state index is 12.9. The van der Waals surface area contributed by atoms with E-state index in [0.29, 0.717) is 28.1 Å². The molecule has 0 aromatic heterocycles. The van der Waals surface area contributed by atoms with Crippen molar-refractivity contribution >= 4 is 46.7 Å². The second-order valence-corrected chi connectivity index (χ2v) is 10.3. The van der Waals surface area contributed by atoms with Gasteiger partial charge in [-0.3, -0.25) is 24.1 Å². The van der Waals surface area contributed by atoms with Crippen LogP contribution in [0, 0.1) is 30.6 Å². The third kappa shape index (κ3) is 4.22. The molecule has 2 aromatic rings. The fourth-order valence-electron chi connectivity index (χ4n) is 5.49. The lowest BCUT2D eigenvalue weighted by atomic mass is 9.76. The molecule has 1 aliphatic carbocycles. The average molecular weight is 495 g/mol. The Morgan fingerprint density at radius 3 is 2.46 bits per heavy atom. The fourth-order valence-corrected chi connectivity index (χ4v) is 5.66. The van der Waals surface area contributed by atoms with Crippen molar-refractivity contribution in [3.05, 3.63) is 53.1 Å². The number of ether oxygens (including phenoxy) is 1. The smallest absolute Gasteiger partial charge is 0.316 e. The number of carbonyl (C=O) groups excluding carboxylic acids is 4. The van der Waals surface area contributed by atoms with Crippen molar-refractivity contribution in [1.82, 2.24) is 0 Å². The average Bonchev–Trinajstić information content (AvgIpc) is 3.33. The molecule has 5 rings (SSSR count). The zero-order valence-corrected chi connectivity index (χ0v) is 20.5. The number of fused-ring (bicyclic) bond motifs is 1. The van der Waals surface area contributed by atoms with Crippen molar-refractivity contribution in [2.45, 2.75) is 39.5 Å². The molecule has 3 amide bonds. The maximum Gasteiger partial charge on any atom is 0.316 e. The zero-order valence-electron chi connectivity index (χ0n) is 19.7. The van der Waals surface area contributed by atoms with Crippen LogP contribution in [0.1, 0.15) is 38.2 Å². The molecule has 1 saturated carbocycles. The van der Waals surface area contributed by atoms with Crippen LogP contribution in [0.5, 0.6) is 5.75 Å². The molecule has 2 saturated heterocycles. The summed E-state index contributed by atoms with van der Waals surface area (Å²) in [5, 5.41) is 0.560. The lowest BCUT2D eigenvalue weighted by Gasteiger charge is -2.25. The Labute approximate surface area is 209 Å². The standard InChI is InChI=1S/C27H27ClN2O5/c1-15-6-11-20-21(12-15)26(33)30(25(20)32)18-7-9-19(10-8-18)35-27(34)17-13-24(31)29(14-17)23-5-3-4-22(28)16(23)2/h3-5,7-10,15,17,20-21H,6,11-14H2,1-2H3/t15-,17-,20-,21-/m1/s1. The second-order valence-electron chi connectivity index (χ2n) is 9.85. The first-order valence-electron chi connectivity index (χ1n) is 12.0. The molecular weight excluding hydrogens is 468 g/mol. The van der Waals surface area contributed by atoms with Crippen LogP contribution < -0.4 is 14.5 Å². The molecule has 4 atom stereocenters. The summed E-state index contributed by atoms with van der Waals surface area (Å²) in [4.78, 5) is 54.1. The van der Waals surface area contributed by atoms with E-state index in [1.165, 1.54) is 4.90 Å². The van der Waals surface area contributed by atoms with Crippen LogP contribution in [0.25, 0.3) is 0 Å². The molecule has 2 heterocycles. The molecule has 35 heavy (non-hydrogen) atoms. The molecule has 3 aliphatic rings. The van der Waals surface area contributed by atoms with Gasteiger partial charge in [0.2, 0.25) is 17.7 Å². The zero-order chi connectivity index (χ0) is 24.9. The summed E-state index contributed by atoms with van der Waals surface area (Å²) >= 11 is 6.19. The van der Waals surface area contributed by atoms with Gasteiger partial charge in [0.15, 0.2) is 0 Å². The summed E-state index contributed by atoms with van der Waals surface area (Å²) in [5.41, 5.74) is 1.96. The Kier molecular flexibility index (Phi) is 6.13. The van der Waals surface area contributed by atoms with Crippen LogP contribution in [0.2, 0.25) is 5.02 Å². The van der Waals surface area contributed by atoms with Gasteiger partial charge < -0.3 is 9.64 Å². The predicted octanol–water partition coefficient (Wildman–Crippen LogP) is 4.53. The lowest BCUT2D eigenvalue weighted by molar-refractivity contribution is -0.139. The van der Waals surface area contributed by atoms with Gasteiger partial charge in [-0.25, -0.2) is 0 Å². The topological polar surface area (TPSA) is 84.0 Å². The Bertz CT molecular complexity index is 1210. The normalized spacial score (nSPS) is 26.3. The van der Waals surface area contributed by atoms with Crippen LogP contribution in [-0.2, 0) is 19.2 Å². The molecule has 0 bridgehead atoms. The van der Waals surface area contributed by atoms with Crippen LogP contribution in [0.15, 0.2) is 42.5 Å². The van der Waals surface area contributed by atoms with Gasteiger partial charge in [-0.05, 0) is 74.1 Å². The number of carbonyl (C=O) groups is 4. The number of amides is 3. The summed E-state index contributed by atoms with van der Waals surface area (Å²) in [6, 6.07) is 11.7. The van der Waals surface area contributed by atoms with Gasteiger partial charge in [0.1, 0.15) is 5.75 Å². The molecule has 8 heteroatoms. The SMILES string of the molecule is Cc1c(Cl)cccc1N1C[C@H](C(=O)Oc2ccc(N3C(=O)[C@@H]4CC[C@@H](C)C[C@H]4C3=O)cc2)CC1=O. The van der Waals surface area contributed by atoms with Crippen molar-refractivity contribution in [3.8, 4) is 5.75 Å². The highest BCUT2D eigenvalue weighted by Crippen LogP contribution is 2.42. The monoisotopic (exact) mass is 494 g/mol. The van der Waals surface area contributed by atoms with Gasteiger partial charge >= 0.3 is 5.97 Å². The first kappa shape index (κ1) is 23.5. The van der Waals surface area contributed by atoms with E-state index in [9.17, 15) is 19.2 Å². The molecule has 0 unspecified atom stereocenters. The van der Waals surface area contributed by atoms with Crippen molar-refractivity contribution in [1.29, 1.82) is 0 Å². The highest BCUT2D eigenvalue weighted by Gasteiger charge is 2.50. The van der Waals surface area contributed by atoms with E-state index in [-0.39, 0.29) is 42.5 Å². The van der Waals surface area contributed by atoms with Gasteiger partial charge in [0, 0.05) is 23.7 Å². The summed E-state index contributed by atoms with van der Waals surface area (Å²) in [7, 11) is 0. The van der Waals surface area contributed by atoms with Crippen molar-refractivity contribution < 1.29 is 23.9 Å². The Hall–Kier alpha value is -3.19. The van der Waals surface area contributed by atoms with Gasteiger partial charge in [-0.15, -0.1) is 0 Å². The first-order valence-corrected chi connectivity index (χ1v) is 12.4. The minimum atomic E-state index is -0.604. The number of imide groups is 1. The Morgan fingerprint density at radius 2 is 1.71 bits per heavy atom. The molecule has 0 N–H and O–H groups in total. The molecule has 2 aromatic carbocycles. The highest BCUT2D eigenvalue weighted by atomic mass is 35.5. The maximum absolute atomic E-state index is 12.9. The van der Waals surface area contributed by atoms with Gasteiger partial charge in [0.25, 0.3) is 0 Å². The van der Waals surface area contributed by atoms with Crippen LogP contribution in [0.4, 0.5) is 11.4 Å². The minimum Gasteiger partial charge on any atom is -0.426 e. The third-order valence-corrected chi connectivity index (χ3v) is 7.90. The summed E-state index contributed by atoms with van der Waals surface area (Å²) < 4.78 is 5.53. The van der Waals surface area contributed by atoms with Crippen molar-refractivity contribution in [3.63, 3.8) is 0 Å². The number of hydrogen-bond donors (Lipinski definition) is 0. The van der Waals surface area contributed by atoms with Crippen LogP contribution in [0.3, 0.4) is 0 Å². The highest BCUT2D eigenvalue weighted by molar-refractivity contribution is 6.31. The molecule has 2 aliphatic heterocycles. The van der Waals surface area contributed by atoms with Crippen molar-refractivity contribution in [2.75, 3.05) is 16.3 Å². The largest absolute Gasteiger partial charge is 0.426 e. The fraction of sp³-hybridized carbons (Fsp3) is 0.407. The number of hydrogen-bond acceptors (Lipinski definition) is 5. The number of halogens is 1. The molecule has 182 valence electrons. The molecule has 0 spiro atoms. The number of esters is 1. The minimum absolute atomic E-state index is 0.0564. The van der Waals surface area contributed by atoms with Crippen LogP contribution in [-0.4, -0.2) is 30.2 Å². The van der Waals surface area contributed by atoms with E-state index < -0.39 is 11.9 Å². The van der Waals surface area contributed by atoms with E-state index in [0.717, 1.165) is 24.8 Å². The van der Waals surface area contributed by atoms with Crippen molar-refractivity contribution in [2.24, 2.45) is 23.7 Å². The van der Waals surface area contributed by atoms with Gasteiger partial charge in [-0.2, -0.15) is 0 Å². The molecular formula is C27H27ClN2O5.